The van der Waals surface area contributed by atoms with E-state index in [-0.39, 0.29) is 0 Å². The summed E-state index contributed by atoms with van der Waals surface area (Å²) >= 11 is 6.15. The third-order valence-corrected chi connectivity index (χ3v) is 3.48. The van der Waals surface area contributed by atoms with Gasteiger partial charge in [-0.2, -0.15) is 0 Å². The Balaban J connectivity index is 2.82. The van der Waals surface area contributed by atoms with Crippen molar-refractivity contribution in [1.29, 1.82) is 0 Å². The van der Waals surface area contributed by atoms with Gasteiger partial charge in [-0.15, -0.1) is 0 Å². The second-order valence-electron chi connectivity index (χ2n) is 4.77. The van der Waals surface area contributed by atoms with Gasteiger partial charge in [0.15, 0.2) is 0 Å². The fourth-order valence-corrected chi connectivity index (χ4v) is 2.14. The van der Waals surface area contributed by atoms with Gasteiger partial charge in [-0.1, -0.05) is 37.6 Å². The van der Waals surface area contributed by atoms with E-state index >= 15 is 0 Å². The summed E-state index contributed by atoms with van der Waals surface area (Å²) in [5.41, 5.74) is 2.53. The van der Waals surface area contributed by atoms with Crippen molar-refractivity contribution in [3.05, 3.63) is 34.3 Å². The summed E-state index contributed by atoms with van der Waals surface area (Å²) in [4.78, 5) is 0. The van der Waals surface area contributed by atoms with Gasteiger partial charge >= 0.3 is 0 Å². The van der Waals surface area contributed by atoms with E-state index in [9.17, 15) is 0 Å². The lowest BCUT2D eigenvalue weighted by Crippen LogP contribution is -2.18. The van der Waals surface area contributed by atoms with E-state index < -0.39 is 0 Å². The second-order valence-corrected chi connectivity index (χ2v) is 5.17. The van der Waals surface area contributed by atoms with E-state index in [1.165, 1.54) is 17.5 Å². The molecule has 16 heavy (non-hydrogen) atoms. The Labute approximate surface area is 104 Å². The molecule has 0 aliphatic heterocycles. The molecule has 0 aromatic heterocycles. The molecule has 1 N–H and O–H groups in total. The number of hydrogen-bond donors (Lipinski definition) is 1. The van der Waals surface area contributed by atoms with Crippen molar-refractivity contribution < 1.29 is 0 Å². The van der Waals surface area contributed by atoms with Gasteiger partial charge in [0.05, 0.1) is 0 Å². The van der Waals surface area contributed by atoms with Gasteiger partial charge in [-0.3, -0.25) is 0 Å². The largest absolute Gasteiger partial charge is 0.313 e. The summed E-state index contributed by atoms with van der Waals surface area (Å²) in [5, 5.41) is 4.25. The zero-order valence-electron chi connectivity index (χ0n) is 10.7. The fraction of sp³-hybridized carbons (Fsp3) is 0.571. The van der Waals surface area contributed by atoms with Crippen molar-refractivity contribution in [2.45, 2.75) is 39.7 Å². The van der Waals surface area contributed by atoms with Crippen molar-refractivity contribution >= 4 is 11.6 Å². The van der Waals surface area contributed by atoms with E-state index in [4.69, 9.17) is 11.6 Å². The molecule has 0 aliphatic carbocycles. The number of rotatable bonds is 5. The van der Waals surface area contributed by atoms with Crippen molar-refractivity contribution in [2.24, 2.45) is 5.92 Å². The van der Waals surface area contributed by atoms with Gasteiger partial charge in [0, 0.05) is 11.1 Å². The molecule has 1 aromatic carbocycles. The van der Waals surface area contributed by atoms with Crippen LogP contribution in [-0.2, 0) is 0 Å². The van der Waals surface area contributed by atoms with E-state index in [0.717, 1.165) is 17.4 Å². The minimum atomic E-state index is 0.418. The highest BCUT2D eigenvalue weighted by Gasteiger charge is 2.13. The van der Waals surface area contributed by atoms with E-state index in [2.05, 4.69) is 32.2 Å². The summed E-state index contributed by atoms with van der Waals surface area (Å²) in [5.74, 6) is 0.746. The molecule has 0 aliphatic rings. The SMILES string of the molecule is CNC(CCC(C)C)c1cccc(Cl)c1C. The first-order chi connectivity index (χ1) is 7.56. The Hall–Kier alpha value is -0.530. The van der Waals surface area contributed by atoms with Crippen molar-refractivity contribution in [2.75, 3.05) is 7.05 Å². The minimum absolute atomic E-state index is 0.418. The van der Waals surface area contributed by atoms with Crippen molar-refractivity contribution in [3.63, 3.8) is 0 Å². The van der Waals surface area contributed by atoms with Crippen LogP contribution in [-0.4, -0.2) is 7.05 Å². The summed E-state index contributed by atoms with van der Waals surface area (Å²) in [6.07, 6.45) is 2.40. The molecule has 1 atom stereocenters. The summed E-state index contributed by atoms with van der Waals surface area (Å²) in [7, 11) is 2.02. The average molecular weight is 240 g/mol. The lowest BCUT2D eigenvalue weighted by atomic mass is 9.95. The third kappa shape index (κ3) is 3.50. The van der Waals surface area contributed by atoms with Crippen LogP contribution < -0.4 is 5.32 Å². The highest BCUT2D eigenvalue weighted by molar-refractivity contribution is 6.31. The molecule has 0 spiro atoms. The van der Waals surface area contributed by atoms with E-state index in [1.807, 2.05) is 19.2 Å². The molecule has 1 rings (SSSR count). The zero-order valence-corrected chi connectivity index (χ0v) is 11.4. The lowest BCUT2D eigenvalue weighted by Gasteiger charge is -2.20. The van der Waals surface area contributed by atoms with Crippen LogP contribution in [0.3, 0.4) is 0 Å². The van der Waals surface area contributed by atoms with E-state index in [0.29, 0.717) is 6.04 Å². The Morgan fingerprint density at radius 1 is 1.25 bits per heavy atom. The van der Waals surface area contributed by atoms with Crippen LogP contribution in [0.4, 0.5) is 0 Å². The molecule has 0 heterocycles. The lowest BCUT2D eigenvalue weighted by molar-refractivity contribution is 0.464. The van der Waals surface area contributed by atoms with Gasteiger partial charge in [-0.05, 0) is 49.9 Å². The van der Waals surface area contributed by atoms with Crippen molar-refractivity contribution in [1.82, 2.24) is 5.32 Å². The standard InChI is InChI=1S/C14H22ClN/c1-10(2)8-9-14(16-4)12-6-5-7-13(15)11(12)3/h5-7,10,14,16H,8-9H2,1-4H3. The van der Waals surface area contributed by atoms with Gasteiger partial charge in [0.25, 0.3) is 0 Å². The zero-order chi connectivity index (χ0) is 12.1. The smallest absolute Gasteiger partial charge is 0.0438 e. The maximum atomic E-state index is 6.15. The van der Waals surface area contributed by atoms with Crippen LogP contribution in [0.15, 0.2) is 18.2 Å². The molecular weight excluding hydrogens is 218 g/mol. The molecular formula is C14H22ClN. The van der Waals surface area contributed by atoms with Crippen LogP contribution in [0.1, 0.15) is 43.9 Å². The van der Waals surface area contributed by atoms with Crippen LogP contribution in [0.25, 0.3) is 0 Å². The molecule has 0 fully saturated rings. The van der Waals surface area contributed by atoms with Crippen LogP contribution in [0, 0.1) is 12.8 Å². The molecule has 0 amide bonds. The molecule has 0 bridgehead atoms. The first-order valence-corrected chi connectivity index (χ1v) is 6.36. The maximum absolute atomic E-state index is 6.15. The third-order valence-electron chi connectivity index (χ3n) is 3.07. The maximum Gasteiger partial charge on any atom is 0.0438 e. The minimum Gasteiger partial charge on any atom is -0.313 e. The quantitative estimate of drug-likeness (QED) is 0.806. The van der Waals surface area contributed by atoms with E-state index in [1.54, 1.807) is 0 Å². The Bertz CT molecular complexity index is 334. The normalized spacial score (nSPS) is 13.1. The Morgan fingerprint density at radius 2 is 1.94 bits per heavy atom. The Morgan fingerprint density at radius 3 is 2.50 bits per heavy atom. The Kier molecular flexibility index (Phi) is 5.30. The average Bonchev–Trinajstić information content (AvgIpc) is 2.24. The van der Waals surface area contributed by atoms with Gasteiger partial charge in [0.1, 0.15) is 0 Å². The number of halogens is 1. The van der Waals surface area contributed by atoms with Gasteiger partial charge in [-0.25, -0.2) is 0 Å². The first kappa shape index (κ1) is 13.5. The fourth-order valence-electron chi connectivity index (χ4n) is 1.96. The number of benzene rings is 1. The number of hydrogen-bond acceptors (Lipinski definition) is 1. The van der Waals surface area contributed by atoms with Gasteiger partial charge < -0.3 is 5.32 Å². The highest BCUT2D eigenvalue weighted by atomic mass is 35.5. The van der Waals surface area contributed by atoms with Crippen LogP contribution in [0.5, 0.6) is 0 Å². The molecule has 0 radical (unpaired) electrons. The molecule has 1 nitrogen and oxygen atoms in total. The summed E-state index contributed by atoms with van der Waals surface area (Å²) < 4.78 is 0. The molecule has 2 heteroatoms. The molecule has 90 valence electrons. The molecule has 0 saturated carbocycles. The highest BCUT2D eigenvalue weighted by Crippen LogP contribution is 2.27. The monoisotopic (exact) mass is 239 g/mol. The van der Waals surface area contributed by atoms with Gasteiger partial charge in [0.2, 0.25) is 0 Å². The summed E-state index contributed by atoms with van der Waals surface area (Å²) in [6, 6.07) is 6.57. The molecule has 0 saturated heterocycles. The number of nitrogens with one attached hydrogen (secondary N) is 1. The van der Waals surface area contributed by atoms with Crippen molar-refractivity contribution in [3.8, 4) is 0 Å². The first-order valence-electron chi connectivity index (χ1n) is 5.98. The van der Waals surface area contributed by atoms with Crippen LogP contribution in [0.2, 0.25) is 5.02 Å². The topological polar surface area (TPSA) is 12.0 Å². The second kappa shape index (κ2) is 6.27. The summed E-state index contributed by atoms with van der Waals surface area (Å²) in [6.45, 7) is 6.62. The molecule has 1 aromatic rings. The predicted molar refractivity (Wildman–Crippen MR) is 72.1 cm³/mol. The predicted octanol–water partition coefficient (Wildman–Crippen LogP) is 4.35. The van der Waals surface area contributed by atoms with Crippen LogP contribution >= 0.6 is 11.6 Å². The molecule has 1 unspecified atom stereocenters.